The molecule has 1 aliphatic carbocycles. The molecular formula is C22H30O2S2. The largest absolute Gasteiger partial charge is 0.229 e. The Kier molecular flexibility index (Phi) is 6.57. The maximum Gasteiger partial charge on any atom is 0.152 e. The first-order valence-electron chi connectivity index (χ1n) is 9.78. The second-order valence-electron chi connectivity index (χ2n) is 7.98. The molecule has 26 heavy (non-hydrogen) atoms. The number of hydrogen-bond acceptors (Lipinski definition) is 3. The highest BCUT2D eigenvalue weighted by Crippen LogP contribution is 2.33. The second kappa shape index (κ2) is 8.71. The Morgan fingerprint density at radius 1 is 1.00 bits per heavy atom. The van der Waals surface area contributed by atoms with Gasteiger partial charge in [0.25, 0.3) is 0 Å². The van der Waals surface area contributed by atoms with Crippen molar-refractivity contribution in [1.29, 1.82) is 0 Å². The van der Waals surface area contributed by atoms with Gasteiger partial charge >= 0.3 is 0 Å². The fraction of sp³-hybridized carbons (Fsp3) is 0.545. The van der Waals surface area contributed by atoms with E-state index in [1.54, 1.807) is 25.2 Å². The summed E-state index contributed by atoms with van der Waals surface area (Å²) in [5.41, 5.74) is 2.71. The Labute approximate surface area is 162 Å². The minimum atomic E-state index is -2.89. The van der Waals surface area contributed by atoms with Crippen molar-refractivity contribution in [2.75, 3.05) is 5.75 Å². The summed E-state index contributed by atoms with van der Waals surface area (Å²) in [5.74, 6) is 1.52. The monoisotopic (exact) mass is 390 g/mol. The molecule has 142 valence electrons. The fourth-order valence-corrected chi connectivity index (χ4v) is 5.97. The molecular weight excluding hydrogens is 360 g/mol. The first-order chi connectivity index (χ1) is 12.4. The Morgan fingerprint density at radius 2 is 1.65 bits per heavy atom. The van der Waals surface area contributed by atoms with Gasteiger partial charge < -0.3 is 0 Å². The molecule has 2 nitrogen and oxygen atoms in total. The lowest BCUT2D eigenvalue weighted by molar-refractivity contribution is 0.278. The third kappa shape index (κ3) is 5.20. The molecule has 0 spiro atoms. The van der Waals surface area contributed by atoms with Gasteiger partial charge in [0.1, 0.15) is 0 Å². The van der Waals surface area contributed by atoms with Crippen LogP contribution >= 0.6 is 11.3 Å². The van der Waals surface area contributed by atoms with Crippen molar-refractivity contribution in [1.82, 2.24) is 0 Å². The highest BCUT2D eigenvalue weighted by atomic mass is 32.2. The minimum Gasteiger partial charge on any atom is -0.229 e. The van der Waals surface area contributed by atoms with Crippen molar-refractivity contribution in [3.63, 3.8) is 0 Å². The van der Waals surface area contributed by atoms with Gasteiger partial charge in [0.15, 0.2) is 9.84 Å². The van der Waals surface area contributed by atoms with Crippen LogP contribution in [-0.4, -0.2) is 19.4 Å². The van der Waals surface area contributed by atoms with Gasteiger partial charge in [-0.25, -0.2) is 8.42 Å². The standard InChI is InChI=1S/C22H30O2S2/c1-17(2)26(23,24)16-20-9-7-18(8-10-20)5-6-19-11-13-21(14-12-19)22-4-3-15-25-22/h3-4,11-15,17-18,20H,5-10,16H2,1-2H3. The maximum atomic E-state index is 12.1. The van der Waals surface area contributed by atoms with E-state index in [0.717, 1.165) is 25.2 Å². The minimum absolute atomic E-state index is 0.239. The number of sulfone groups is 1. The van der Waals surface area contributed by atoms with Crippen LogP contribution in [0.3, 0.4) is 0 Å². The molecule has 2 aromatic rings. The average molecular weight is 391 g/mol. The summed E-state index contributed by atoms with van der Waals surface area (Å²) in [5, 5.41) is 1.88. The van der Waals surface area contributed by atoms with Crippen molar-refractivity contribution in [2.24, 2.45) is 11.8 Å². The van der Waals surface area contributed by atoms with Crippen LogP contribution in [0, 0.1) is 11.8 Å². The highest BCUT2D eigenvalue weighted by molar-refractivity contribution is 7.91. The van der Waals surface area contributed by atoms with Crippen LogP contribution in [0.1, 0.15) is 51.5 Å². The molecule has 0 saturated heterocycles. The zero-order valence-electron chi connectivity index (χ0n) is 15.9. The van der Waals surface area contributed by atoms with Crippen LogP contribution in [-0.2, 0) is 16.3 Å². The summed E-state index contributed by atoms with van der Waals surface area (Å²) in [6.45, 7) is 3.59. The third-order valence-electron chi connectivity index (χ3n) is 5.75. The molecule has 0 bridgehead atoms. The number of thiophene rings is 1. The summed E-state index contributed by atoms with van der Waals surface area (Å²) >= 11 is 1.78. The van der Waals surface area contributed by atoms with E-state index in [1.807, 2.05) is 0 Å². The first kappa shape index (κ1) is 19.6. The van der Waals surface area contributed by atoms with Gasteiger partial charge in [-0.1, -0.05) is 43.2 Å². The van der Waals surface area contributed by atoms with E-state index >= 15 is 0 Å². The summed E-state index contributed by atoms with van der Waals surface area (Å²) in [6.07, 6.45) is 6.88. The molecule has 0 atom stereocenters. The van der Waals surface area contributed by atoms with Crippen LogP contribution in [0.25, 0.3) is 10.4 Å². The van der Waals surface area contributed by atoms with Crippen LogP contribution in [0.2, 0.25) is 0 Å². The number of hydrogen-bond donors (Lipinski definition) is 0. The smallest absolute Gasteiger partial charge is 0.152 e. The normalized spacial score (nSPS) is 21.2. The lowest BCUT2D eigenvalue weighted by atomic mass is 9.80. The zero-order chi connectivity index (χ0) is 18.6. The summed E-state index contributed by atoms with van der Waals surface area (Å²) < 4.78 is 24.2. The molecule has 1 fully saturated rings. The van der Waals surface area contributed by atoms with Crippen LogP contribution in [0.5, 0.6) is 0 Å². The van der Waals surface area contributed by atoms with Gasteiger partial charge in [-0.15, -0.1) is 11.3 Å². The number of rotatable bonds is 7. The van der Waals surface area contributed by atoms with E-state index in [-0.39, 0.29) is 5.25 Å². The van der Waals surface area contributed by atoms with Gasteiger partial charge in [0.2, 0.25) is 0 Å². The lowest BCUT2D eigenvalue weighted by Crippen LogP contribution is -2.26. The molecule has 4 heteroatoms. The highest BCUT2D eigenvalue weighted by Gasteiger charge is 2.27. The van der Waals surface area contributed by atoms with Gasteiger partial charge in [-0.3, -0.25) is 0 Å². The van der Waals surface area contributed by atoms with Gasteiger partial charge in [0.05, 0.1) is 11.0 Å². The van der Waals surface area contributed by atoms with E-state index in [4.69, 9.17) is 0 Å². The first-order valence-corrected chi connectivity index (χ1v) is 12.4. The molecule has 0 radical (unpaired) electrons. The number of aryl methyl sites for hydroxylation is 1. The van der Waals surface area contributed by atoms with E-state index in [2.05, 4.69) is 41.8 Å². The molecule has 0 amide bonds. The van der Waals surface area contributed by atoms with Crippen LogP contribution in [0.15, 0.2) is 41.8 Å². The predicted octanol–water partition coefficient (Wildman–Crippen LogP) is 5.98. The Hall–Kier alpha value is -1.13. The molecule has 1 heterocycles. The summed E-state index contributed by atoms with van der Waals surface area (Å²) in [6, 6.07) is 13.2. The molecule has 1 aliphatic rings. The second-order valence-corrected chi connectivity index (χ2v) is 11.5. The summed E-state index contributed by atoms with van der Waals surface area (Å²) in [4.78, 5) is 1.33. The van der Waals surface area contributed by atoms with Crippen molar-refractivity contribution in [3.05, 3.63) is 47.3 Å². The van der Waals surface area contributed by atoms with Crippen molar-refractivity contribution >= 4 is 21.2 Å². The maximum absolute atomic E-state index is 12.1. The van der Waals surface area contributed by atoms with Crippen molar-refractivity contribution in [2.45, 2.75) is 57.6 Å². The van der Waals surface area contributed by atoms with E-state index in [9.17, 15) is 8.42 Å². The predicted molar refractivity (Wildman–Crippen MR) is 112 cm³/mol. The van der Waals surface area contributed by atoms with Gasteiger partial charge in [0, 0.05) is 4.88 Å². The van der Waals surface area contributed by atoms with Crippen molar-refractivity contribution in [3.8, 4) is 10.4 Å². The number of benzene rings is 1. The van der Waals surface area contributed by atoms with Crippen LogP contribution in [0.4, 0.5) is 0 Å². The molecule has 0 unspecified atom stereocenters. The lowest BCUT2D eigenvalue weighted by Gasteiger charge is -2.28. The Morgan fingerprint density at radius 3 is 2.23 bits per heavy atom. The third-order valence-corrected chi connectivity index (χ3v) is 9.04. The quantitative estimate of drug-likeness (QED) is 0.583. The fourth-order valence-electron chi connectivity index (χ4n) is 3.86. The topological polar surface area (TPSA) is 34.1 Å². The van der Waals surface area contributed by atoms with E-state index in [0.29, 0.717) is 11.7 Å². The Balaban J connectivity index is 1.44. The molecule has 0 N–H and O–H groups in total. The van der Waals surface area contributed by atoms with Gasteiger partial charge in [-0.05, 0) is 73.9 Å². The SMILES string of the molecule is CC(C)S(=O)(=O)CC1CCC(CCc2ccc(-c3cccs3)cc2)CC1. The van der Waals surface area contributed by atoms with E-state index < -0.39 is 9.84 Å². The van der Waals surface area contributed by atoms with E-state index in [1.165, 1.54) is 35.3 Å². The molecule has 1 aromatic carbocycles. The molecule has 1 aromatic heterocycles. The molecule has 0 aliphatic heterocycles. The van der Waals surface area contributed by atoms with Crippen molar-refractivity contribution < 1.29 is 8.42 Å². The summed E-state index contributed by atoms with van der Waals surface area (Å²) in [7, 11) is -2.89. The Bertz CT molecular complexity index is 766. The average Bonchev–Trinajstić information content (AvgIpc) is 3.16. The molecule has 3 rings (SSSR count). The van der Waals surface area contributed by atoms with Crippen LogP contribution < -0.4 is 0 Å². The molecule has 1 saturated carbocycles. The van der Waals surface area contributed by atoms with Gasteiger partial charge in [-0.2, -0.15) is 0 Å². The zero-order valence-corrected chi connectivity index (χ0v) is 17.5.